The van der Waals surface area contributed by atoms with E-state index in [9.17, 15) is 0 Å². The highest BCUT2D eigenvalue weighted by Crippen LogP contribution is 2.29. The van der Waals surface area contributed by atoms with Gasteiger partial charge < -0.3 is 5.32 Å². The molecule has 4 rings (SSSR count). The summed E-state index contributed by atoms with van der Waals surface area (Å²) in [7, 11) is 0. The number of rotatable bonds is 2. The molecule has 1 N–H and O–H groups in total. The van der Waals surface area contributed by atoms with Gasteiger partial charge in [0.2, 0.25) is 0 Å². The minimum Gasteiger partial charge on any atom is -0.396 e. The van der Waals surface area contributed by atoms with E-state index < -0.39 is 0 Å². The molecule has 0 radical (unpaired) electrons. The largest absolute Gasteiger partial charge is 0.396 e. The highest BCUT2D eigenvalue weighted by molar-refractivity contribution is 6.66. The standard InChI is InChI=1S/C14H16BN.C8H16.2C2H6/c1-10(2)12-5-3-4-11-8-14-15(6-7-16-14)9-13(11)12;1-2-8-6-4-3-5-7-8;2*1-2/h3-7,14,16H,1,8-9H2,2H3;8H,2-7H2,1H3;2*1-2H3. The number of hydrogen-bond acceptors (Lipinski definition) is 1. The third-order valence-corrected chi connectivity index (χ3v) is 6.09. The molecule has 1 unspecified atom stereocenters. The molecule has 1 fully saturated rings. The highest BCUT2D eigenvalue weighted by atomic mass is 14.9. The number of allylic oxidation sites excluding steroid dienone is 1. The molecule has 0 amide bonds. The Morgan fingerprint density at radius 3 is 2.36 bits per heavy atom. The summed E-state index contributed by atoms with van der Waals surface area (Å²) in [6, 6.07) is 6.62. The fourth-order valence-electron chi connectivity index (χ4n) is 4.52. The van der Waals surface area contributed by atoms with Crippen molar-refractivity contribution in [3.05, 3.63) is 53.6 Å². The average Bonchev–Trinajstić information content (AvgIpc) is 3.23. The van der Waals surface area contributed by atoms with Gasteiger partial charge in [-0.3, -0.25) is 0 Å². The van der Waals surface area contributed by atoms with Crippen LogP contribution in [0.1, 0.15) is 96.8 Å². The van der Waals surface area contributed by atoms with Crippen LogP contribution >= 0.6 is 0 Å². The zero-order valence-corrected chi connectivity index (χ0v) is 19.5. The Balaban J connectivity index is 0.000000277. The summed E-state index contributed by atoms with van der Waals surface area (Å²) in [5.74, 6) is 4.01. The van der Waals surface area contributed by atoms with E-state index in [1.807, 2.05) is 27.7 Å². The number of fused-ring (bicyclic) bond motifs is 2. The van der Waals surface area contributed by atoms with Crippen molar-refractivity contribution in [2.75, 3.05) is 0 Å². The minimum absolute atomic E-state index is 0.618. The van der Waals surface area contributed by atoms with E-state index in [1.165, 1.54) is 60.8 Å². The summed E-state index contributed by atoms with van der Waals surface area (Å²) in [5.41, 5.74) is 5.56. The van der Waals surface area contributed by atoms with Gasteiger partial charge in [-0.05, 0) is 48.5 Å². The van der Waals surface area contributed by atoms with Crippen LogP contribution in [0.4, 0.5) is 0 Å². The summed E-state index contributed by atoms with van der Waals surface area (Å²) in [6.07, 6.45) is 13.4. The Morgan fingerprint density at radius 2 is 1.79 bits per heavy atom. The second-order valence-corrected chi connectivity index (χ2v) is 7.84. The van der Waals surface area contributed by atoms with Crippen molar-refractivity contribution in [1.82, 2.24) is 5.32 Å². The third kappa shape index (κ3) is 6.87. The van der Waals surface area contributed by atoms with Crippen LogP contribution in [0.3, 0.4) is 0 Å². The predicted octanol–water partition coefficient (Wildman–Crippen LogP) is 7.45. The van der Waals surface area contributed by atoms with Crippen LogP contribution in [0.5, 0.6) is 0 Å². The Morgan fingerprint density at radius 1 is 1.11 bits per heavy atom. The van der Waals surface area contributed by atoms with Crippen LogP contribution in [0.25, 0.3) is 5.57 Å². The first kappa shape index (κ1) is 24.6. The third-order valence-electron chi connectivity index (χ3n) is 6.09. The van der Waals surface area contributed by atoms with E-state index in [0.717, 1.165) is 18.7 Å². The lowest BCUT2D eigenvalue weighted by atomic mass is 9.39. The van der Waals surface area contributed by atoms with Gasteiger partial charge in [-0.15, -0.1) is 0 Å². The molecule has 156 valence electrons. The molecule has 3 aliphatic rings. The van der Waals surface area contributed by atoms with Gasteiger partial charge in [0, 0.05) is 5.94 Å². The van der Waals surface area contributed by atoms with E-state index in [1.54, 1.807) is 0 Å². The second kappa shape index (κ2) is 13.7. The van der Waals surface area contributed by atoms with E-state index in [4.69, 9.17) is 0 Å². The van der Waals surface area contributed by atoms with Crippen molar-refractivity contribution < 1.29 is 0 Å². The predicted molar refractivity (Wildman–Crippen MR) is 130 cm³/mol. The quantitative estimate of drug-likeness (QED) is 0.525. The molecule has 0 bridgehead atoms. The Bertz CT molecular complexity index is 598. The van der Waals surface area contributed by atoms with Crippen molar-refractivity contribution in [2.24, 2.45) is 5.92 Å². The van der Waals surface area contributed by atoms with Crippen LogP contribution in [-0.4, -0.2) is 12.7 Å². The van der Waals surface area contributed by atoms with E-state index in [0.29, 0.717) is 12.7 Å². The van der Waals surface area contributed by atoms with Crippen molar-refractivity contribution >= 4 is 12.3 Å². The smallest absolute Gasteiger partial charge is 0.198 e. The van der Waals surface area contributed by atoms with Gasteiger partial charge in [-0.2, -0.15) is 0 Å². The number of nitrogens with one attached hydrogen (secondary N) is 1. The summed E-state index contributed by atoms with van der Waals surface area (Å²) in [6.45, 7) is 17.2. The molecular weight excluding hydrogens is 337 g/mol. The summed E-state index contributed by atoms with van der Waals surface area (Å²) in [5, 5.41) is 3.45. The molecule has 1 aliphatic carbocycles. The maximum Gasteiger partial charge on any atom is 0.198 e. The molecule has 2 heterocycles. The Hall–Kier alpha value is -1.44. The fraction of sp³-hybridized carbons (Fsp3) is 0.615. The van der Waals surface area contributed by atoms with Crippen LogP contribution in [0, 0.1) is 5.92 Å². The van der Waals surface area contributed by atoms with Gasteiger partial charge >= 0.3 is 0 Å². The second-order valence-electron chi connectivity index (χ2n) is 7.84. The molecule has 28 heavy (non-hydrogen) atoms. The van der Waals surface area contributed by atoms with Crippen molar-refractivity contribution in [3.63, 3.8) is 0 Å². The summed E-state index contributed by atoms with van der Waals surface area (Å²) in [4.78, 5) is 0. The minimum atomic E-state index is 0.618. The Labute approximate surface area is 176 Å². The van der Waals surface area contributed by atoms with Crippen molar-refractivity contribution in [3.8, 4) is 0 Å². The SMILES string of the molecule is C=C(C)c1cccc2c1CB1C=CNC1C2.CC.CC.CCC1CCCCC1. The van der Waals surface area contributed by atoms with Crippen LogP contribution in [0.15, 0.2) is 37.0 Å². The van der Waals surface area contributed by atoms with Crippen LogP contribution in [0.2, 0.25) is 0 Å². The highest BCUT2D eigenvalue weighted by Gasteiger charge is 2.32. The normalized spacial score (nSPS) is 19.4. The van der Waals surface area contributed by atoms with Gasteiger partial charge in [0.1, 0.15) is 0 Å². The van der Waals surface area contributed by atoms with E-state index >= 15 is 0 Å². The molecule has 2 aliphatic heterocycles. The van der Waals surface area contributed by atoms with Gasteiger partial charge in [-0.25, -0.2) is 0 Å². The number of benzene rings is 1. The molecule has 0 saturated heterocycles. The fourth-order valence-corrected chi connectivity index (χ4v) is 4.52. The van der Waals surface area contributed by atoms with Gasteiger partial charge in [0.05, 0.1) is 0 Å². The first-order chi connectivity index (χ1) is 13.7. The van der Waals surface area contributed by atoms with Crippen molar-refractivity contribution in [1.29, 1.82) is 0 Å². The Kier molecular flexibility index (Phi) is 12.0. The first-order valence-corrected chi connectivity index (χ1v) is 11.9. The molecule has 1 aromatic carbocycles. The van der Waals surface area contributed by atoms with E-state index in [-0.39, 0.29) is 0 Å². The summed E-state index contributed by atoms with van der Waals surface area (Å²) >= 11 is 0. The lowest BCUT2D eigenvalue weighted by molar-refractivity contribution is 0.349. The first-order valence-electron chi connectivity index (χ1n) is 11.9. The molecule has 0 spiro atoms. The maximum absolute atomic E-state index is 4.09. The molecular formula is C26H44BN. The average molecular weight is 381 g/mol. The van der Waals surface area contributed by atoms with Crippen LogP contribution in [-0.2, 0) is 12.7 Å². The van der Waals surface area contributed by atoms with Gasteiger partial charge in [-0.1, -0.05) is 109 Å². The molecule has 2 heteroatoms. The van der Waals surface area contributed by atoms with Gasteiger partial charge in [0.15, 0.2) is 6.71 Å². The van der Waals surface area contributed by atoms with E-state index in [2.05, 4.69) is 56.1 Å². The lowest BCUT2D eigenvalue weighted by Gasteiger charge is -2.27. The molecule has 1 aromatic rings. The van der Waals surface area contributed by atoms with Crippen molar-refractivity contribution in [2.45, 2.75) is 98.7 Å². The maximum atomic E-state index is 4.09. The summed E-state index contributed by atoms with van der Waals surface area (Å²) < 4.78 is 0. The van der Waals surface area contributed by atoms with Gasteiger partial charge in [0.25, 0.3) is 0 Å². The zero-order chi connectivity index (χ0) is 20.9. The molecule has 1 atom stereocenters. The molecule has 1 saturated carbocycles. The molecule has 1 nitrogen and oxygen atoms in total. The topological polar surface area (TPSA) is 12.0 Å². The zero-order valence-electron chi connectivity index (χ0n) is 19.5. The number of hydrogen-bond donors (Lipinski definition) is 1. The lowest BCUT2D eigenvalue weighted by Crippen LogP contribution is -2.42. The molecule has 0 aromatic heterocycles. The van der Waals surface area contributed by atoms with Crippen LogP contribution < -0.4 is 5.32 Å². The monoisotopic (exact) mass is 381 g/mol.